The van der Waals surface area contributed by atoms with E-state index in [9.17, 15) is 18.0 Å². The Morgan fingerprint density at radius 1 is 1.14 bits per heavy atom. The molecule has 0 spiro atoms. The highest BCUT2D eigenvalue weighted by atomic mass is 19.4. The van der Waals surface area contributed by atoms with E-state index in [0.29, 0.717) is 12.1 Å². The smallest absolute Gasteiger partial charge is 0.352 e. The summed E-state index contributed by atoms with van der Waals surface area (Å²) >= 11 is 0. The fraction of sp³-hybridized carbons (Fsp3) is 0.350. The van der Waals surface area contributed by atoms with Crippen molar-refractivity contribution < 1.29 is 18.0 Å². The first kappa shape index (κ1) is 19.9. The number of halogens is 3. The van der Waals surface area contributed by atoms with E-state index in [4.69, 9.17) is 0 Å². The molecule has 0 radical (unpaired) electrons. The highest BCUT2D eigenvalue weighted by molar-refractivity contribution is 5.93. The van der Waals surface area contributed by atoms with E-state index in [2.05, 4.69) is 26.7 Å². The molecule has 0 saturated carbocycles. The van der Waals surface area contributed by atoms with Crippen LogP contribution in [0.5, 0.6) is 0 Å². The van der Waals surface area contributed by atoms with Crippen LogP contribution in [0.15, 0.2) is 48.3 Å². The summed E-state index contributed by atoms with van der Waals surface area (Å²) in [6.07, 6.45) is 5.98. The summed E-state index contributed by atoms with van der Waals surface area (Å²) in [5.41, 5.74) is 1.13. The van der Waals surface area contributed by atoms with Gasteiger partial charge in [-0.05, 0) is 50.3 Å². The molecule has 2 N–H and O–H groups in total. The average Bonchev–Trinajstić information content (AvgIpc) is 2.69. The third-order valence-corrected chi connectivity index (χ3v) is 4.48. The van der Waals surface area contributed by atoms with Gasteiger partial charge in [0, 0.05) is 24.6 Å². The fourth-order valence-electron chi connectivity index (χ4n) is 2.98. The standard InChI is InChI=1S/C20H21F3N4O/c21-20(22,23)16-7-4-8-17(11-16)27-19-25-12-15(13-26-19)18(28)24-10-9-14-5-2-1-3-6-14/h4-5,7-8,11-13H,1-3,6,9-10H2,(H,24,28)(H,25,26,27). The van der Waals surface area contributed by atoms with Crippen LogP contribution in [0.3, 0.4) is 0 Å². The van der Waals surface area contributed by atoms with Crippen LogP contribution in [0.4, 0.5) is 24.8 Å². The molecule has 0 aliphatic heterocycles. The molecule has 1 aliphatic carbocycles. The molecule has 148 valence electrons. The Bertz CT molecular complexity index is 847. The van der Waals surface area contributed by atoms with Gasteiger partial charge >= 0.3 is 6.18 Å². The summed E-state index contributed by atoms with van der Waals surface area (Å²) in [4.78, 5) is 20.2. The zero-order valence-corrected chi connectivity index (χ0v) is 15.2. The third-order valence-electron chi connectivity index (χ3n) is 4.48. The molecular weight excluding hydrogens is 369 g/mol. The zero-order chi connectivity index (χ0) is 20.0. The van der Waals surface area contributed by atoms with E-state index in [0.717, 1.165) is 31.4 Å². The van der Waals surface area contributed by atoms with E-state index < -0.39 is 11.7 Å². The minimum Gasteiger partial charge on any atom is -0.352 e. The average molecular weight is 390 g/mol. The second-order valence-electron chi connectivity index (χ2n) is 6.61. The molecule has 0 fully saturated rings. The number of allylic oxidation sites excluding steroid dienone is 1. The maximum absolute atomic E-state index is 12.8. The van der Waals surface area contributed by atoms with Crippen LogP contribution in [0, 0.1) is 0 Å². The molecule has 5 nitrogen and oxygen atoms in total. The Morgan fingerprint density at radius 3 is 2.61 bits per heavy atom. The van der Waals surface area contributed by atoms with E-state index in [1.807, 2.05) is 0 Å². The van der Waals surface area contributed by atoms with E-state index in [-0.39, 0.29) is 17.5 Å². The predicted octanol–water partition coefficient (Wildman–Crippen LogP) is 4.86. The number of hydrogen-bond donors (Lipinski definition) is 2. The largest absolute Gasteiger partial charge is 0.416 e. The van der Waals surface area contributed by atoms with Crippen LogP contribution in [-0.2, 0) is 6.18 Å². The predicted molar refractivity (Wildman–Crippen MR) is 100 cm³/mol. The molecule has 1 heterocycles. The summed E-state index contributed by atoms with van der Waals surface area (Å²) in [5.74, 6) is -0.162. The second-order valence-corrected chi connectivity index (χ2v) is 6.61. The van der Waals surface area contributed by atoms with Crippen LogP contribution in [0.25, 0.3) is 0 Å². The zero-order valence-electron chi connectivity index (χ0n) is 15.2. The van der Waals surface area contributed by atoms with Gasteiger partial charge in [-0.3, -0.25) is 4.79 Å². The van der Waals surface area contributed by atoms with Crippen molar-refractivity contribution in [1.29, 1.82) is 0 Å². The van der Waals surface area contributed by atoms with Gasteiger partial charge in [-0.25, -0.2) is 9.97 Å². The van der Waals surface area contributed by atoms with Crippen LogP contribution in [-0.4, -0.2) is 22.4 Å². The molecule has 28 heavy (non-hydrogen) atoms. The maximum atomic E-state index is 12.8. The van der Waals surface area contributed by atoms with Crippen LogP contribution >= 0.6 is 0 Å². The van der Waals surface area contributed by atoms with E-state index >= 15 is 0 Å². The first-order valence-corrected chi connectivity index (χ1v) is 9.14. The lowest BCUT2D eigenvalue weighted by Gasteiger charge is -2.13. The molecule has 3 rings (SSSR count). The number of aromatic nitrogens is 2. The first-order chi connectivity index (χ1) is 13.4. The Hall–Kier alpha value is -2.90. The van der Waals surface area contributed by atoms with Crippen molar-refractivity contribution in [1.82, 2.24) is 15.3 Å². The minimum absolute atomic E-state index is 0.114. The second kappa shape index (κ2) is 8.86. The number of anilines is 2. The van der Waals surface area contributed by atoms with Gasteiger partial charge in [0.25, 0.3) is 5.91 Å². The van der Waals surface area contributed by atoms with Crippen LogP contribution in [0.1, 0.15) is 48.0 Å². The summed E-state index contributed by atoms with van der Waals surface area (Å²) in [7, 11) is 0. The Labute approximate surface area is 161 Å². The van der Waals surface area contributed by atoms with Crippen LogP contribution in [0.2, 0.25) is 0 Å². The van der Waals surface area contributed by atoms with Crippen molar-refractivity contribution in [3.63, 3.8) is 0 Å². The summed E-state index contributed by atoms with van der Waals surface area (Å²) < 4.78 is 38.3. The van der Waals surface area contributed by atoms with Gasteiger partial charge in [0.2, 0.25) is 5.95 Å². The van der Waals surface area contributed by atoms with E-state index in [1.54, 1.807) is 0 Å². The summed E-state index contributed by atoms with van der Waals surface area (Å²) in [6.45, 7) is 0.550. The monoisotopic (exact) mass is 390 g/mol. The number of carbonyl (C=O) groups excluding carboxylic acids is 1. The molecule has 8 heteroatoms. The first-order valence-electron chi connectivity index (χ1n) is 9.14. The summed E-state index contributed by atoms with van der Waals surface area (Å²) in [5, 5.41) is 5.54. The lowest BCUT2D eigenvalue weighted by Crippen LogP contribution is -2.25. The number of alkyl halides is 3. The highest BCUT2D eigenvalue weighted by Crippen LogP contribution is 2.31. The maximum Gasteiger partial charge on any atom is 0.416 e. The van der Waals surface area contributed by atoms with Gasteiger partial charge in [-0.2, -0.15) is 13.2 Å². The van der Waals surface area contributed by atoms with Crippen molar-refractivity contribution in [2.24, 2.45) is 0 Å². The van der Waals surface area contributed by atoms with Crippen LogP contribution < -0.4 is 10.6 Å². The Balaban J connectivity index is 1.54. The number of amides is 1. The molecule has 1 amide bonds. The van der Waals surface area contributed by atoms with Gasteiger partial charge < -0.3 is 10.6 Å². The minimum atomic E-state index is -4.42. The lowest BCUT2D eigenvalue weighted by atomic mass is 9.97. The van der Waals surface area contributed by atoms with Crippen molar-refractivity contribution in [3.05, 3.63) is 59.4 Å². The van der Waals surface area contributed by atoms with Gasteiger partial charge in [-0.15, -0.1) is 0 Å². The molecule has 0 bridgehead atoms. The molecule has 2 aromatic rings. The fourth-order valence-corrected chi connectivity index (χ4v) is 2.98. The van der Waals surface area contributed by atoms with Crippen molar-refractivity contribution in [2.45, 2.75) is 38.3 Å². The molecule has 0 atom stereocenters. The van der Waals surface area contributed by atoms with Gasteiger partial charge in [0.1, 0.15) is 0 Å². The SMILES string of the molecule is O=C(NCCC1=CCCCC1)c1cnc(Nc2cccc(C(F)(F)F)c2)nc1. The number of hydrogen-bond acceptors (Lipinski definition) is 4. The molecule has 1 aromatic heterocycles. The molecule has 1 aliphatic rings. The molecule has 0 saturated heterocycles. The lowest BCUT2D eigenvalue weighted by molar-refractivity contribution is -0.137. The third kappa shape index (κ3) is 5.55. The quantitative estimate of drug-likeness (QED) is 0.692. The van der Waals surface area contributed by atoms with Gasteiger partial charge in [-0.1, -0.05) is 17.7 Å². The highest BCUT2D eigenvalue weighted by Gasteiger charge is 2.30. The number of nitrogens with one attached hydrogen (secondary N) is 2. The van der Waals surface area contributed by atoms with Crippen molar-refractivity contribution in [2.75, 3.05) is 11.9 Å². The van der Waals surface area contributed by atoms with Gasteiger partial charge in [0.15, 0.2) is 0 Å². The number of benzene rings is 1. The Morgan fingerprint density at radius 2 is 1.93 bits per heavy atom. The molecule has 1 aromatic carbocycles. The topological polar surface area (TPSA) is 66.9 Å². The van der Waals surface area contributed by atoms with Crippen molar-refractivity contribution >= 4 is 17.5 Å². The van der Waals surface area contributed by atoms with E-state index in [1.165, 1.54) is 42.9 Å². The van der Waals surface area contributed by atoms with Gasteiger partial charge in [0.05, 0.1) is 11.1 Å². The summed E-state index contributed by atoms with van der Waals surface area (Å²) in [6, 6.07) is 4.75. The normalized spacial score (nSPS) is 14.3. The molecular formula is C20H21F3N4O. The number of rotatable bonds is 6. The Kier molecular flexibility index (Phi) is 6.28. The van der Waals surface area contributed by atoms with Crippen molar-refractivity contribution in [3.8, 4) is 0 Å². The number of carbonyl (C=O) groups is 1. The number of nitrogens with zero attached hydrogens (tertiary/aromatic N) is 2. The molecule has 0 unspecified atom stereocenters.